The van der Waals surface area contributed by atoms with Crippen molar-refractivity contribution in [2.75, 3.05) is 26.0 Å². The van der Waals surface area contributed by atoms with Crippen molar-refractivity contribution in [3.63, 3.8) is 0 Å². The van der Waals surface area contributed by atoms with Crippen molar-refractivity contribution in [2.24, 2.45) is 27.1 Å². The topological polar surface area (TPSA) is 135 Å². The highest BCUT2D eigenvalue weighted by atomic mass is 16.3. The number of aromatic nitrogens is 4. The van der Waals surface area contributed by atoms with Gasteiger partial charge in [0.25, 0.3) is 5.56 Å². The maximum Gasteiger partial charge on any atom is 0.332 e. The summed E-state index contributed by atoms with van der Waals surface area (Å²) in [6, 6.07) is 14.0. The van der Waals surface area contributed by atoms with Gasteiger partial charge >= 0.3 is 5.69 Å². The first-order chi connectivity index (χ1) is 19.3. The number of amides is 1. The summed E-state index contributed by atoms with van der Waals surface area (Å²) in [5, 5.41) is 21.0. The van der Waals surface area contributed by atoms with Crippen LogP contribution in [0, 0.1) is 5.92 Å². The number of aromatic hydroxyl groups is 2. The molecule has 0 aliphatic heterocycles. The fourth-order valence-electron chi connectivity index (χ4n) is 4.64. The molecule has 4 aromatic rings. The van der Waals surface area contributed by atoms with E-state index in [-0.39, 0.29) is 22.9 Å². The van der Waals surface area contributed by atoms with Crippen molar-refractivity contribution in [1.29, 1.82) is 0 Å². The van der Waals surface area contributed by atoms with Crippen LogP contribution < -0.4 is 16.6 Å². The maximum atomic E-state index is 11.7. The van der Waals surface area contributed by atoms with Gasteiger partial charge in [0.05, 0.1) is 6.33 Å². The summed E-state index contributed by atoms with van der Waals surface area (Å²) >= 11 is 0. The predicted octanol–water partition coefficient (Wildman–Crippen LogP) is 3.40. The Hall–Kier alpha value is -4.38. The second kappa shape index (κ2) is 14.8. The average Bonchev–Trinajstić information content (AvgIpc) is 3.29. The Morgan fingerprint density at radius 1 is 1.00 bits per heavy atom. The number of aryl methyl sites for hydroxylation is 2. The van der Waals surface area contributed by atoms with Gasteiger partial charge in [0.15, 0.2) is 11.2 Å². The Morgan fingerprint density at radius 3 is 2.17 bits per heavy atom. The minimum atomic E-state index is -0.360. The first-order valence-corrected chi connectivity index (χ1v) is 13.3. The van der Waals surface area contributed by atoms with Crippen LogP contribution in [0.3, 0.4) is 0 Å². The van der Waals surface area contributed by atoms with Crippen LogP contribution in [0.25, 0.3) is 11.2 Å². The number of phenolic OH excluding ortho intramolecular Hbond substituents is 2. The summed E-state index contributed by atoms with van der Waals surface area (Å²) < 4.78 is 4.04. The van der Waals surface area contributed by atoms with Crippen molar-refractivity contribution in [1.82, 2.24) is 23.6 Å². The maximum absolute atomic E-state index is 11.7. The fraction of sp³-hybridized carbons (Fsp3) is 0.400. The van der Waals surface area contributed by atoms with Gasteiger partial charge in [-0.1, -0.05) is 26.0 Å². The third-order valence-corrected chi connectivity index (χ3v) is 6.58. The van der Waals surface area contributed by atoms with E-state index in [1.54, 1.807) is 36.9 Å². The molecule has 0 aliphatic rings. The molecule has 0 unspecified atom stereocenters. The molecule has 2 aromatic carbocycles. The van der Waals surface area contributed by atoms with Crippen LogP contribution in [0.5, 0.6) is 11.5 Å². The lowest BCUT2D eigenvalue weighted by Gasteiger charge is -2.26. The standard InChI is InChI=1S/C14H23NO.C8H10N4O2.C8H9NO2/c1-5-14(11(2)10-15(3)4)12-7-6-8-13(16)9-12;1-10-4-9-6-5(10)7(13)12(3)8(14)11(6)2;1-6(10)9-7-2-4-8(11)5-3-7/h6-9,11,14,16H,5,10H2,1-4H3;4H,1-3H3;2-5,11H,1H3,(H,9,10)/t11-,14+;;/m0../s1. The van der Waals surface area contributed by atoms with Gasteiger partial charge in [0.1, 0.15) is 11.5 Å². The lowest BCUT2D eigenvalue weighted by molar-refractivity contribution is -0.114. The second-order valence-corrected chi connectivity index (χ2v) is 10.3. The molecule has 1 amide bonds. The Kier molecular flexibility index (Phi) is 11.9. The number of nitrogens with zero attached hydrogens (tertiary/aromatic N) is 5. The summed E-state index contributed by atoms with van der Waals surface area (Å²) in [7, 11) is 8.98. The van der Waals surface area contributed by atoms with Crippen molar-refractivity contribution in [2.45, 2.75) is 33.1 Å². The van der Waals surface area contributed by atoms with E-state index < -0.39 is 0 Å². The Labute approximate surface area is 240 Å². The average molecular weight is 567 g/mol. The predicted molar refractivity (Wildman–Crippen MR) is 162 cm³/mol. The summed E-state index contributed by atoms with van der Waals surface area (Å²) in [6.07, 6.45) is 2.63. The fourth-order valence-corrected chi connectivity index (χ4v) is 4.64. The molecule has 2 heterocycles. The first-order valence-electron chi connectivity index (χ1n) is 13.3. The Balaban J connectivity index is 0.000000219. The number of imidazole rings is 1. The highest BCUT2D eigenvalue weighted by Gasteiger charge is 2.18. The lowest BCUT2D eigenvalue weighted by atomic mass is 9.85. The number of anilines is 1. The van der Waals surface area contributed by atoms with E-state index in [0.717, 1.165) is 17.5 Å². The van der Waals surface area contributed by atoms with Crippen molar-refractivity contribution in [3.8, 4) is 11.5 Å². The number of hydrogen-bond donors (Lipinski definition) is 3. The highest BCUT2D eigenvalue weighted by Crippen LogP contribution is 2.30. The van der Waals surface area contributed by atoms with Crippen molar-refractivity contribution < 1.29 is 15.0 Å². The quantitative estimate of drug-likeness (QED) is 0.305. The molecule has 2 aromatic heterocycles. The molecule has 4 rings (SSSR count). The van der Waals surface area contributed by atoms with Crippen molar-refractivity contribution in [3.05, 3.63) is 81.3 Å². The summed E-state index contributed by atoms with van der Waals surface area (Å²) in [4.78, 5) is 39.9. The van der Waals surface area contributed by atoms with Gasteiger partial charge in [0.2, 0.25) is 5.91 Å². The smallest absolute Gasteiger partial charge is 0.332 e. The number of carbonyl (C=O) groups is 1. The SMILES string of the molecule is CC(=O)Nc1ccc(O)cc1.CC[C@@H](c1cccc(O)c1)[C@@H](C)CN(C)C.Cn1c(=O)c2c(ncn2C)n(C)c1=O. The van der Waals surface area contributed by atoms with Gasteiger partial charge in [-0.05, 0) is 74.3 Å². The minimum Gasteiger partial charge on any atom is -0.508 e. The van der Waals surface area contributed by atoms with Crippen LogP contribution >= 0.6 is 0 Å². The zero-order valence-corrected chi connectivity index (χ0v) is 25.1. The van der Waals surface area contributed by atoms with E-state index in [4.69, 9.17) is 5.11 Å². The van der Waals surface area contributed by atoms with Crippen LogP contribution in [0.15, 0.2) is 64.4 Å². The molecule has 0 saturated carbocycles. The molecule has 0 fully saturated rings. The molecule has 2 atom stereocenters. The van der Waals surface area contributed by atoms with Gasteiger partial charge in [-0.25, -0.2) is 9.78 Å². The van der Waals surface area contributed by atoms with Crippen LogP contribution in [-0.4, -0.2) is 60.3 Å². The highest BCUT2D eigenvalue weighted by molar-refractivity contribution is 5.88. The van der Waals surface area contributed by atoms with E-state index in [1.807, 2.05) is 12.1 Å². The van der Waals surface area contributed by atoms with Gasteiger partial charge < -0.3 is 25.0 Å². The van der Waals surface area contributed by atoms with Gasteiger partial charge in [-0.15, -0.1) is 0 Å². The van der Waals surface area contributed by atoms with Crippen LogP contribution in [0.4, 0.5) is 5.69 Å². The summed E-state index contributed by atoms with van der Waals surface area (Å²) in [6.45, 7) is 7.00. The molecule has 11 heteroatoms. The second-order valence-electron chi connectivity index (χ2n) is 10.3. The largest absolute Gasteiger partial charge is 0.508 e. The van der Waals surface area contributed by atoms with Crippen LogP contribution in [-0.2, 0) is 25.9 Å². The first kappa shape index (κ1) is 32.8. The normalized spacial score (nSPS) is 12.1. The molecule has 0 spiro atoms. The molecule has 0 radical (unpaired) electrons. The Bertz CT molecular complexity index is 1550. The molecule has 3 N–H and O–H groups in total. The van der Waals surface area contributed by atoms with E-state index >= 15 is 0 Å². The number of fused-ring (bicyclic) bond motifs is 1. The minimum absolute atomic E-state index is 0.115. The zero-order valence-electron chi connectivity index (χ0n) is 25.1. The number of carbonyl (C=O) groups excluding carboxylic acids is 1. The molecule has 0 saturated heterocycles. The Morgan fingerprint density at radius 2 is 1.63 bits per heavy atom. The van der Waals surface area contributed by atoms with Gasteiger partial charge in [-0.2, -0.15) is 0 Å². The van der Waals surface area contributed by atoms with E-state index in [0.29, 0.717) is 34.4 Å². The molecule has 222 valence electrons. The molecule has 41 heavy (non-hydrogen) atoms. The number of rotatable bonds is 6. The van der Waals surface area contributed by atoms with Crippen LogP contribution in [0.1, 0.15) is 38.7 Å². The molecule has 11 nitrogen and oxygen atoms in total. The summed E-state index contributed by atoms with van der Waals surface area (Å²) in [5.74, 6) is 1.57. The van der Waals surface area contributed by atoms with Crippen LogP contribution in [0.2, 0.25) is 0 Å². The number of hydrogen-bond acceptors (Lipinski definition) is 7. The molecular weight excluding hydrogens is 524 g/mol. The molecule has 0 aliphatic carbocycles. The summed E-state index contributed by atoms with van der Waals surface area (Å²) in [5.41, 5.74) is 2.12. The molecule has 0 bridgehead atoms. The zero-order chi connectivity index (χ0) is 30.9. The van der Waals surface area contributed by atoms with Crippen molar-refractivity contribution >= 4 is 22.8 Å². The van der Waals surface area contributed by atoms with Gasteiger partial charge in [-0.3, -0.25) is 18.7 Å². The lowest BCUT2D eigenvalue weighted by Crippen LogP contribution is -2.37. The van der Waals surface area contributed by atoms with E-state index in [9.17, 15) is 19.5 Å². The third kappa shape index (κ3) is 9.07. The molecular formula is C30H42N6O5. The third-order valence-electron chi connectivity index (χ3n) is 6.58. The van der Waals surface area contributed by atoms with Gasteiger partial charge in [0, 0.05) is 40.3 Å². The van der Waals surface area contributed by atoms with E-state index in [2.05, 4.69) is 49.2 Å². The monoisotopic (exact) mass is 566 g/mol. The van der Waals surface area contributed by atoms with E-state index in [1.165, 1.54) is 42.6 Å². The number of nitrogens with one attached hydrogen (secondary N) is 1. The number of phenols is 2. The number of benzene rings is 2.